The number of carbonyl (C=O) groups excluding carboxylic acids is 2. The number of hydrogen-bond donors (Lipinski definition) is 1. The third kappa shape index (κ3) is 4.43. The van der Waals surface area contributed by atoms with E-state index in [0.29, 0.717) is 18.7 Å². The molecule has 0 aliphatic carbocycles. The molecular weight excluding hydrogens is 344 g/mol. The monoisotopic (exact) mass is 360 g/mol. The summed E-state index contributed by atoms with van der Waals surface area (Å²) < 4.78 is 0.907. The van der Waals surface area contributed by atoms with Gasteiger partial charge in [-0.05, 0) is 30.3 Å². The van der Waals surface area contributed by atoms with Crippen molar-refractivity contribution in [2.45, 2.75) is 6.92 Å². The molecule has 0 heterocycles. The van der Waals surface area contributed by atoms with E-state index in [1.54, 1.807) is 17.0 Å². The van der Waals surface area contributed by atoms with Gasteiger partial charge in [-0.1, -0.05) is 40.2 Å². The molecule has 22 heavy (non-hydrogen) atoms. The summed E-state index contributed by atoms with van der Waals surface area (Å²) in [7, 11) is 0. The predicted molar refractivity (Wildman–Crippen MR) is 90.9 cm³/mol. The molecule has 0 unspecified atom stereocenters. The van der Waals surface area contributed by atoms with Gasteiger partial charge in [-0.15, -0.1) is 0 Å². The third-order valence-corrected chi connectivity index (χ3v) is 3.65. The summed E-state index contributed by atoms with van der Waals surface area (Å²) in [6, 6.07) is 16.5. The first-order valence-corrected chi connectivity index (χ1v) is 7.74. The Morgan fingerprint density at radius 3 is 2.45 bits per heavy atom. The van der Waals surface area contributed by atoms with Crippen LogP contribution in [0.1, 0.15) is 17.3 Å². The minimum atomic E-state index is -0.140. The molecule has 114 valence electrons. The van der Waals surface area contributed by atoms with Crippen molar-refractivity contribution in [1.29, 1.82) is 0 Å². The Balaban J connectivity index is 1.96. The maximum atomic E-state index is 12.0. The minimum absolute atomic E-state index is 0.0629. The first kappa shape index (κ1) is 16.2. The maximum absolute atomic E-state index is 12.0. The lowest BCUT2D eigenvalue weighted by molar-refractivity contribution is -0.116. The number of hydrogen-bond acceptors (Lipinski definition) is 2. The zero-order valence-electron chi connectivity index (χ0n) is 12.3. The van der Waals surface area contributed by atoms with Crippen LogP contribution < -0.4 is 10.2 Å². The van der Waals surface area contributed by atoms with E-state index in [0.717, 1.165) is 10.2 Å². The van der Waals surface area contributed by atoms with Crippen LogP contribution >= 0.6 is 15.9 Å². The maximum Gasteiger partial charge on any atom is 0.251 e. The number of anilines is 1. The molecule has 0 bridgehead atoms. The molecule has 0 spiro atoms. The van der Waals surface area contributed by atoms with Gasteiger partial charge in [0.05, 0.1) is 0 Å². The van der Waals surface area contributed by atoms with Crippen LogP contribution in [0.5, 0.6) is 0 Å². The number of nitrogens with one attached hydrogen (secondary N) is 1. The summed E-state index contributed by atoms with van der Waals surface area (Å²) in [5.74, 6) is -0.203. The zero-order valence-corrected chi connectivity index (χ0v) is 13.8. The topological polar surface area (TPSA) is 49.4 Å². The predicted octanol–water partition coefficient (Wildman–Crippen LogP) is 3.23. The van der Waals surface area contributed by atoms with E-state index in [-0.39, 0.29) is 11.8 Å². The lowest BCUT2D eigenvalue weighted by atomic mass is 10.2. The van der Waals surface area contributed by atoms with Crippen molar-refractivity contribution >= 4 is 33.4 Å². The van der Waals surface area contributed by atoms with Crippen molar-refractivity contribution < 1.29 is 9.59 Å². The molecule has 2 amide bonds. The Bertz CT molecular complexity index is 659. The number of amides is 2. The highest BCUT2D eigenvalue weighted by Crippen LogP contribution is 2.19. The molecule has 5 heteroatoms. The lowest BCUT2D eigenvalue weighted by Gasteiger charge is -2.21. The number of benzene rings is 2. The van der Waals surface area contributed by atoms with Crippen molar-refractivity contribution in [2.24, 2.45) is 0 Å². The normalized spacial score (nSPS) is 10.1. The second-order valence-electron chi connectivity index (χ2n) is 4.77. The molecule has 0 aromatic heterocycles. The van der Waals surface area contributed by atoms with Crippen LogP contribution in [0.3, 0.4) is 0 Å². The SMILES string of the molecule is CC(=O)N(CCNC(=O)c1ccccc1)c1cccc(Br)c1. The highest BCUT2D eigenvalue weighted by Gasteiger charge is 2.12. The van der Waals surface area contributed by atoms with Gasteiger partial charge in [-0.2, -0.15) is 0 Å². The lowest BCUT2D eigenvalue weighted by Crippen LogP contribution is -2.37. The number of halogens is 1. The molecule has 4 nitrogen and oxygen atoms in total. The van der Waals surface area contributed by atoms with Crippen molar-refractivity contribution in [2.75, 3.05) is 18.0 Å². The first-order valence-electron chi connectivity index (χ1n) is 6.95. The van der Waals surface area contributed by atoms with Crippen molar-refractivity contribution in [3.63, 3.8) is 0 Å². The van der Waals surface area contributed by atoms with Crippen molar-refractivity contribution in [3.05, 3.63) is 64.6 Å². The molecule has 0 fully saturated rings. The molecule has 0 saturated carbocycles. The third-order valence-electron chi connectivity index (χ3n) is 3.16. The second kappa shape index (κ2) is 7.75. The van der Waals surface area contributed by atoms with Gasteiger partial charge in [0, 0.05) is 35.7 Å². The Labute approximate surface area is 138 Å². The smallest absolute Gasteiger partial charge is 0.251 e. The fraction of sp³-hybridized carbons (Fsp3) is 0.176. The van der Waals surface area contributed by atoms with E-state index in [2.05, 4.69) is 21.2 Å². The average Bonchev–Trinajstić information content (AvgIpc) is 2.51. The molecule has 1 N–H and O–H groups in total. The van der Waals surface area contributed by atoms with Gasteiger partial charge in [-0.3, -0.25) is 9.59 Å². The molecule has 0 radical (unpaired) electrons. The molecule has 2 aromatic carbocycles. The quantitative estimate of drug-likeness (QED) is 0.889. The van der Waals surface area contributed by atoms with E-state index < -0.39 is 0 Å². The van der Waals surface area contributed by atoms with Crippen LogP contribution in [0.2, 0.25) is 0 Å². The van der Waals surface area contributed by atoms with E-state index in [9.17, 15) is 9.59 Å². The molecule has 2 aromatic rings. The number of nitrogens with zero attached hydrogens (tertiary/aromatic N) is 1. The summed E-state index contributed by atoms with van der Waals surface area (Å²) in [4.78, 5) is 25.4. The van der Waals surface area contributed by atoms with Gasteiger partial charge in [0.15, 0.2) is 0 Å². The molecule has 0 aliphatic rings. The van der Waals surface area contributed by atoms with Crippen LogP contribution in [0.15, 0.2) is 59.1 Å². The van der Waals surface area contributed by atoms with Gasteiger partial charge >= 0.3 is 0 Å². The van der Waals surface area contributed by atoms with Crippen LogP contribution in [-0.2, 0) is 4.79 Å². The number of rotatable bonds is 5. The Hall–Kier alpha value is -2.14. The average molecular weight is 361 g/mol. The molecule has 0 aliphatic heterocycles. The van der Waals surface area contributed by atoms with Gasteiger partial charge in [0.1, 0.15) is 0 Å². The summed E-state index contributed by atoms with van der Waals surface area (Å²) in [5.41, 5.74) is 1.41. The number of carbonyl (C=O) groups is 2. The zero-order chi connectivity index (χ0) is 15.9. The van der Waals surface area contributed by atoms with E-state index >= 15 is 0 Å². The van der Waals surface area contributed by atoms with Crippen LogP contribution in [0.4, 0.5) is 5.69 Å². The molecule has 0 saturated heterocycles. The highest BCUT2D eigenvalue weighted by atomic mass is 79.9. The second-order valence-corrected chi connectivity index (χ2v) is 5.69. The summed E-state index contributed by atoms with van der Waals surface area (Å²) >= 11 is 3.39. The fourth-order valence-corrected chi connectivity index (χ4v) is 2.47. The van der Waals surface area contributed by atoms with Gasteiger partial charge in [0.25, 0.3) is 5.91 Å². The van der Waals surface area contributed by atoms with Gasteiger partial charge in [0.2, 0.25) is 5.91 Å². The first-order chi connectivity index (χ1) is 10.6. The van der Waals surface area contributed by atoms with E-state index in [1.165, 1.54) is 6.92 Å². The summed E-state index contributed by atoms with van der Waals surface area (Å²) in [6.45, 7) is 2.32. The van der Waals surface area contributed by atoms with Gasteiger partial charge < -0.3 is 10.2 Å². The fourth-order valence-electron chi connectivity index (χ4n) is 2.09. The van der Waals surface area contributed by atoms with Crippen molar-refractivity contribution in [1.82, 2.24) is 5.32 Å². The Morgan fingerprint density at radius 1 is 1.09 bits per heavy atom. The molecule has 0 atom stereocenters. The van der Waals surface area contributed by atoms with Crippen molar-refractivity contribution in [3.8, 4) is 0 Å². The van der Waals surface area contributed by atoms with E-state index in [1.807, 2.05) is 42.5 Å². The van der Waals surface area contributed by atoms with Crippen LogP contribution in [0, 0.1) is 0 Å². The van der Waals surface area contributed by atoms with E-state index in [4.69, 9.17) is 0 Å². The Kier molecular flexibility index (Phi) is 5.72. The minimum Gasteiger partial charge on any atom is -0.350 e. The van der Waals surface area contributed by atoms with Crippen LogP contribution in [-0.4, -0.2) is 24.9 Å². The van der Waals surface area contributed by atoms with Gasteiger partial charge in [-0.25, -0.2) is 0 Å². The van der Waals surface area contributed by atoms with Crippen LogP contribution in [0.25, 0.3) is 0 Å². The molecular formula is C17H17BrN2O2. The molecule has 2 rings (SSSR count). The largest absolute Gasteiger partial charge is 0.350 e. The summed E-state index contributed by atoms with van der Waals surface area (Å²) in [5, 5.41) is 2.82. The summed E-state index contributed by atoms with van der Waals surface area (Å²) in [6.07, 6.45) is 0. The Morgan fingerprint density at radius 2 is 1.82 bits per heavy atom. The standard InChI is InChI=1S/C17H17BrN2O2/c1-13(21)20(16-9-5-8-15(18)12-16)11-10-19-17(22)14-6-3-2-4-7-14/h2-9,12H,10-11H2,1H3,(H,19,22). The highest BCUT2D eigenvalue weighted by molar-refractivity contribution is 9.10.